The van der Waals surface area contributed by atoms with Crippen LogP contribution in [0.15, 0.2) is 60.7 Å². The number of alkyl halides is 6. The molecule has 35 heavy (non-hydrogen) atoms. The Morgan fingerprint density at radius 1 is 0.971 bits per heavy atom. The van der Waals surface area contributed by atoms with Gasteiger partial charge in [-0.05, 0) is 48.4 Å². The summed E-state index contributed by atoms with van der Waals surface area (Å²) in [4.78, 5) is 27.2. The number of aromatic nitrogens is 1. The first-order chi connectivity index (χ1) is 16.4. The summed E-state index contributed by atoms with van der Waals surface area (Å²) >= 11 is 0. The number of benzene rings is 2. The van der Waals surface area contributed by atoms with E-state index in [1.165, 1.54) is 23.1 Å². The van der Waals surface area contributed by atoms with Crippen molar-refractivity contribution in [2.24, 2.45) is 0 Å². The number of hydrogen-bond donors (Lipinski definition) is 0. The number of halogens is 6. The lowest BCUT2D eigenvalue weighted by molar-refractivity contribution is -0.141. The second kappa shape index (κ2) is 10.2. The normalized spacial score (nSPS) is 13.1. The number of aryl methyl sites for hydroxylation is 1. The number of carbonyl (C=O) groups is 2. The largest absolute Gasteiger partial charge is 0.433 e. The van der Waals surface area contributed by atoms with Crippen LogP contribution in [0.2, 0.25) is 0 Å². The van der Waals surface area contributed by atoms with Crippen LogP contribution in [-0.2, 0) is 30.2 Å². The molecule has 5 nitrogen and oxygen atoms in total. The van der Waals surface area contributed by atoms with Gasteiger partial charge in [-0.15, -0.1) is 0 Å². The van der Waals surface area contributed by atoms with Crippen LogP contribution in [0.3, 0.4) is 0 Å². The van der Waals surface area contributed by atoms with Crippen LogP contribution in [0, 0.1) is 6.92 Å². The Balaban J connectivity index is 0.000000225. The van der Waals surface area contributed by atoms with Crippen molar-refractivity contribution >= 4 is 12.4 Å². The molecule has 11 heteroatoms. The van der Waals surface area contributed by atoms with E-state index in [0.717, 1.165) is 29.3 Å². The molecule has 2 heterocycles. The van der Waals surface area contributed by atoms with Gasteiger partial charge in [-0.25, -0.2) is 4.98 Å². The van der Waals surface area contributed by atoms with Crippen LogP contribution in [0.5, 0.6) is 5.75 Å². The minimum absolute atomic E-state index is 0.0789. The fraction of sp³-hybridized carbons (Fsp3) is 0.208. The van der Waals surface area contributed by atoms with E-state index in [1.807, 2.05) is 31.2 Å². The molecule has 0 bridgehead atoms. The standard InChI is InChI=1S/C16H13F3N2O.C8H5F3O2/c1-10-4-2-3-5-11(10)8-21-9-13-12(15(21)22)6-7-14(20-13)16(17,18)19;9-8(10,11)6-2-1-3-7(4-6)13-5-12/h2-7H,8-9H2,1H3;1-5H. The number of ether oxygens (including phenoxy) is 1. The zero-order valence-corrected chi connectivity index (χ0v) is 18.2. The van der Waals surface area contributed by atoms with Crippen LogP contribution in [0.1, 0.15) is 38.4 Å². The Labute approximate surface area is 196 Å². The number of pyridine rings is 1. The molecule has 3 aromatic rings. The van der Waals surface area contributed by atoms with Crippen molar-refractivity contribution in [1.82, 2.24) is 9.88 Å². The quantitative estimate of drug-likeness (QED) is 0.338. The van der Waals surface area contributed by atoms with Gasteiger partial charge < -0.3 is 9.64 Å². The van der Waals surface area contributed by atoms with Gasteiger partial charge in [0.2, 0.25) is 0 Å². The van der Waals surface area contributed by atoms with E-state index in [1.54, 1.807) is 0 Å². The Hall–Kier alpha value is -3.89. The van der Waals surface area contributed by atoms with Gasteiger partial charge in [0, 0.05) is 6.54 Å². The van der Waals surface area contributed by atoms with E-state index >= 15 is 0 Å². The number of amides is 1. The molecule has 0 unspecified atom stereocenters. The van der Waals surface area contributed by atoms with Gasteiger partial charge in [0.25, 0.3) is 12.4 Å². The molecule has 1 aliphatic heterocycles. The molecule has 0 spiro atoms. The van der Waals surface area contributed by atoms with E-state index in [2.05, 4.69) is 9.72 Å². The molecule has 184 valence electrons. The highest BCUT2D eigenvalue weighted by molar-refractivity contribution is 5.97. The molecule has 0 N–H and O–H groups in total. The Morgan fingerprint density at radius 2 is 1.69 bits per heavy atom. The summed E-state index contributed by atoms with van der Waals surface area (Å²) in [7, 11) is 0. The molecule has 1 amide bonds. The summed E-state index contributed by atoms with van der Waals surface area (Å²) in [6.45, 7) is 2.48. The molecule has 0 atom stereocenters. The Kier molecular flexibility index (Phi) is 7.47. The maximum Gasteiger partial charge on any atom is 0.433 e. The zero-order valence-electron chi connectivity index (χ0n) is 18.2. The predicted molar refractivity (Wildman–Crippen MR) is 112 cm³/mol. The first-order valence-corrected chi connectivity index (χ1v) is 10.1. The highest BCUT2D eigenvalue weighted by atomic mass is 19.4. The molecular weight excluding hydrogens is 478 g/mol. The number of nitrogens with zero attached hydrogens (tertiary/aromatic N) is 2. The molecule has 4 rings (SSSR count). The third-order valence-electron chi connectivity index (χ3n) is 5.09. The van der Waals surface area contributed by atoms with Crippen molar-refractivity contribution in [2.75, 3.05) is 0 Å². The van der Waals surface area contributed by atoms with E-state index in [4.69, 9.17) is 0 Å². The van der Waals surface area contributed by atoms with E-state index in [0.29, 0.717) is 6.54 Å². The van der Waals surface area contributed by atoms with Crippen LogP contribution in [0.25, 0.3) is 0 Å². The second-order valence-corrected chi connectivity index (χ2v) is 7.52. The number of carbonyl (C=O) groups excluding carboxylic acids is 2. The zero-order chi connectivity index (χ0) is 25.8. The summed E-state index contributed by atoms with van der Waals surface area (Å²) in [6.07, 6.45) is -8.91. The van der Waals surface area contributed by atoms with Gasteiger partial charge in [-0.3, -0.25) is 9.59 Å². The third kappa shape index (κ3) is 6.37. The highest BCUT2D eigenvalue weighted by Gasteiger charge is 2.36. The minimum Gasteiger partial charge on any atom is -0.429 e. The van der Waals surface area contributed by atoms with E-state index < -0.39 is 23.6 Å². The van der Waals surface area contributed by atoms with Gasteiger partial charge in [0.15, 0.2) is 0 Å². The average molecular weight is 496 g/mol. The molecular formula is C24H18F6N2O3. The van der Waals surface area contributed by atoms with Crippen LogP contribution in [0.4, 0.5) is 26.3 Å². The summed E-state index contributed by atoms with van der Waals surface area (Å²) in [5, 5.41) is 0. The van der Waals surface area contributed by atoms with Crippen molar-refractivity contribution < 1.29 is 40.7 Å². The summed E-state index contributed by atoms with van der Waals surface area (Å²) in [6, 6.07) is 13.8. The topological polar surface area (TPSA) is 59.5 Å². The van der Waals surface area contributed by atoms with Crippen molar-refractivity contribution in [2.45, 2.75) is 32.4 Å². The van der Waals surface area contributed by atoms with Gasteiger partial charge >= 0.3 is 12.4 Å². The van der Waals surface area contributed by atoms with Crippen LogP contribution < -0.4 is 4.74 Å². The molecule has 0 aliphatic carbocycles. The predicted octanol–water partition coefficient (Wildman–Crippen LogP) is 5.81. The van der Waals surface area contributed by atoms with Gasteiger partial charge in [0.05, 0.1) is 23.4 Å². The third-order valence-corrected chi connectivity index (χ3v) is 5.09. The van der Waals surface area contributed by atoms with Crippen molar-refractivity contribution in [3.8, 4) is 5.75 Å². The molecule has 1 aliphatic rings. The van der Waals surface area contributed by atoms with Crippen molar-refractivity contribution in [3.63, 3.8) is 0 Å². The fourth-order valence-electron chi connectivity index (χ4n) is 3.32. The smallest absolute Gasteiger partial charge is 0.429 e. The summed E-state index contributed by atoms with van der Waals surface area (Å²) in [5.74, 6) is -0.399. The molecule has 0 saturated heterocycles. The van der Waals surface area contributed by atoms with Gasteiger partial charge in [-0.2, -0.15) is 26.3 Å². The lowest BCUT2D eigenvalue weighted by Gasteiger charge is -2.16. The highest BCUT2D eigenvalue weighted by Crippen LogP contribution is 2.32. The molecule has 1 aromatic heterocycles. The fourth-order valence-corrected chi connectivity index (χ4v) is 3.32. The van der Waals surface area contributed by atoms with Crippen molar-refractivity contribution in [1.29, 1.82) is 0 Å². The lowest BCUT2D eigenvalue weighted by atomic mass is 10.1. The minimum atomic E-state index is -4.50. The Morgan fingerprint density at radius 3 is 2.31 bits per heavy atom. The van der Waals surface area contributed by atoms with Crippen molar-refractivity contribution in [3.05, 3.63) is 94.3 Å². The SMILES string of the molecule is Cc1ccccc1CN1Cc2nc(C(F)(F)F)ccc2C1=O.O=COc1cccc(C(F)(F)F)c1. The first kappa shape index (κ1) is 25.7. The number of rotatable bonds is 4. The maximum absolute atomic E-state index is 12.7. The number of fused-ring (bicyclic) bond motifs is 1. The van der Waals surface area contributed by atoms with Crippen LogP contribution >= 0.6 is 0 Å². The maximum atomic E-state index is 12.7. The molecule has 2 aromatic carbocycles. The average Bonchev–Trinajstić information content (AvgIpc) is 3.10. The van der Waals surface area contributed by atoms with E-state index in [-0.39, 0.29) is 35.9 Å². The Bertz CT molecular complexity index is 1220. The molecule has 0 radical (unpaired) electrons. The monoisotopic (exact) mass is 496 g/mol. The van der Waals surface area contributed by atoms with Crippen LogP contribution in [-0.4, -0.2) is 22.3 Å². The number of hydrogen-bond acceptors (Lipinski definition) is 4. The summed E-state index contributed by atoms with van der Waals surface area (Å²) < 4.78 is 78.5. The summed E-state index contributed by atoms with van der Waals surface area (Å²) in [5.41, 5.74) is 0.647. The molecule has 0 fully saturated rings. The first-order valence-electron chi connectivity index (χ1n) is 10.1. The second-order valence-electron chi connectivity index (χ2n) is 7.52. The molecule has 0 saturated carbocycles. The van der Waals surface area contributed by atoms with Gasteiger partial charge in [-0.1, -0.05) is 30.3 Å². The van der Waals surface area contributed by atoms with Gasteiger partial charge in [0.1, 0.15) is 11.4 Å². The lowest BCUT2D eigenvalue weighted by Crippen LogP contribution is -2.23. The van der Waals surface area contributed by atoms with E-state index in [9.17, 15) is 35.9 Å².